The Kier molecular flexibility index (Phi) is 5.52. The van der Waals surface area contributed by atoms with Gasteiger partial charge in [0.25, 0.3) is 0 Å². The molecule has 0 radical (unpaired) electrons. The first-order valence-electron chi connectivity index (χ1n) is 7.83. The minimum absolute atomic E-state index is 0.279. The lowest BCUT2D eigenvalue weighted by Crippen LogP contribution is -2.16. The highest BCUT2D eigenvalue weighted by molar-refractivity contribution is 5.95. The molecule has 2 rings (SSSR count). The highest BCUT2D eigenvalue weighted by Gasteiger charge is 2.11. The number of aryl methyl sites for hydroxylation is 2. The number of rotatable bonds is 5. The van der Waals surface area contributed by atoms with Crippen LogP contribution in [-0.4, -0.2) is 12.7 Å². The van der Waals surface area contributed by atoms with Crippen molar-refractivity contribution in [3.63, 3.8) is 0 Å². The lowest BCUT2D eigenvalue weighted by molar-refractivity contribution is 0.168. The normalized spacial score (nSPS) is 10.3. The number of hydrogen-bond acceptors (Lipinski definition) is 5. The average molecular weight is 328 g/mol. The molecular weight excluding hydrogens is 304 g/mol. The Morgan fingerprint density at radius 1 is 1.12 bits per heavy atom. The lowest BCUT2D eigenvalue weighted by Gasteiger charge is -2.15. The Balaban J connectivity index is 2.10. The maximum Gasteiger partial charge on any atom is 0.411 e. The summed E-state index contributed by atoms with van der Waals surface area (Å²) in [5.74, 6) is 0. The number of anilines is 4. The molecule has 0 saturated carbocycles. The number of carbonyl (C=O) groups excluding carboxylic acids is 1. The van der Waals surface area contributed by atoms with Gasteiger partial charge in [0.2, 0.25) is 0 Å². The molecule has 0 heterocycles. The zero-order chi connectivity index (χ0) is 17.7. The molecule has 24 heavy (non-hydrogen) atoms. The van der Waals surface area contributed by atoms with Crippen LogP contribution in [0.25, 0.3) is 0 Å². The van der Waals surface area contributed by atoms with E-state index >= 15 is 0 Å². The molecule has 0 spiro atoms. The number of amides is 1. The molecule has 128 valence electrons. The first-order chi connectivity index (χ1) is 11.4. The second-order valence-corrected chi connectivity index (χ2v) is 5.66. The summed E-state index contributed by atoms with van der Waals surface area (Å²) in [4.78, 5) is 11.5. The second-order valence-electron chi connectivity index (χ2n) is 5.66. The fourth-order valence-corrected chi connectivity index (χ4v) is 2.44. The number of nitrogens with two attached hydrogens (primary N) is 2. The summed E-state index contributed by atoms with van der Waals surface area (Å²) >= 11 is 0. The summed E-state index contributed by atoms with van der Waals surface area (Å²) < 4.78 is 4.84. The van der Waals surface area contributed by atoms with Gasteiger partial charge in [0.05, 0.1) is 23.7 Å². The molecule has 0 unspecified atom stereocenters. The Bertz CT molecular complexity index is 721. The third-order valence-electron chi connectivity index (χ3n) is 3.68. The van der Waals surface area contributed by atoms with Gasteiger partial charge in [-0.2, -0.15) is 0 Å². The van der Waals surface area contributed by atoms with Crippen molar-refractivity contribution in [3.8, 4) is 0 Å². The van der Waals surface area contributed by atoms with Crippen molar-refractivity contribution in [2.75, 3.05) is 28.7 Å². The first-order valence-corrected chi connectivity index (χ1v) is 7.83. The number of hydrogen-bond donors (Lipinski definition) is 4. The molecule has 0 aliphatic rings. The van der Waals surface area contributed by atoms with Crippen molar-refractivity contribution >= 4 is 28.8 Å². The molecule has 6 nitrogen and oxygen atoms in total. The van der Waals surface area contributed by atoms with Crippen molar-refractivity contribution < 1.29 is 9.53 Å². The summed E-state index contributed by atoms with van der Waals surface area (Å²) in [6.07, 6.45) is -0.577. The van der Waals surface area contributed by atoms with Crippen LogP contribution in [0, 0.1) is 13.8 Å². The van der Waals surface area contributed by atoms with Crippen molar-refractivity contribution in [3.05, 3.63) is 47.0 Å². The predicted octanol–water partition coefficient (Wildman–Crippen LogP) is 3.65. The molecule has 0 aliphatic carbocycles. The maximum absolute atomic E-state index is 11.5. The Labute approximate surface area is 142 Å². The summed E-state index contributed by atoms with van der Waals surface area (Å²) in [6.45, 7) is 6.82. The lowest BCUT2D eigenvalue weighted by atomic mass is 10.1. The molecule has 0 aromatic heterocycles. The Morgan fingerprint density at radius 3 is 2.38 bits per heavy atom. The van der Waals surface area contributed by atoms with Crippen LogP contribution in [0.3, 0.4) is 0 Å². The van der Waals surface area contributed by atoms with Crippen LogP contribution in [0.15, 0.2) is 30.3 Å². The Hall–Kier alpha value is -2.89. The van der Waals surface area contributed by atoms with Gasteiger partial charge in [0.15, 0.2) is 0 Å². The summed E-state index contributed by atoms with van der Waals surface area (Å²) in [7, 11) is 0. The van der Waals surface area contributed by atoms with Crippen LogP contribution in [0.4, 0.5) is 27.5 Å². The zero-order valence-corrected chi connectivity index (χ0v) is 14.3. The smallest absolute Gasteiger partial charge is 0.411 e. The summed E-state index contributed by atoms with van der Waals surface area (Å²) in [5.41, 5.74) is 17.6. The molecule has 0 fully saturated rings. The highest BCUT2D eigenvalue weighted by Crippen LogP contribution is 2.31. The summed E-state index contributed by atoms with van der Waals surface area (Å²) in [6, 6.07) is 9.80. The minimum atomic E-state index is -0.577. The van der Waals surface area contributed by atoms with E-state index in [1.165, 1.54) is 16.7 Å². The van der Waals surface area contributed by atoms with Gasteiger partial charge in [-0.25, -0.2) is 4.79 Å². The van der Waals surface area contributed by atoms with Gasteiger partial charge in [-0.1, -0.05) is 23.8 Å². The number of nitrogens with one attached hydrogen (secondary N) is 2. The first kappa shape index (κ1) is 17.5. The van der Waals surface area contributed by atoms with Gasteiger partial charge in [0.1, 0.15) is 0 Å². The third-order valence-corrected chi connectivity index (χ3v) is 3.68. The van der Waals surface area contributed by atoms with Crippen molar-refractivity contribution in [2.45, 2.75) is 27.3 Å². The predicted molar refractivity (Wildman–Crippen MR) is 99.2 cm³/mol. The van der Waals surface area contributed by atoms with Crippen molar-refractivity contribution in [1.29, 1.82) is 0 Å². The van der Waals surface area contributed by atoms with Crippen LogP contribution in [0.2, 0.25) is 0 Å². The SMILES string of the molecule is CCOC(=O)Nc1c(N)cc(NCc2ccc(C)cc2C)cc1N. The van der Waals surface area contributed by atoms with E-state index in [2.05, 4.69) is 42.7 Å². The molecule has 2 aromatic rings. The van der Waals surface area contributed by atoms with Gasteiger partial charge in [-0.15, -0.1) is 0 Å². The fraction of sp³-hybridized carbons (Fsp3) is 0.278. The van der Waals surface area contributed by atoms with E-state index in [0.717, 1.165) is 5.69 Å². The Morgan fingerprint density at radius 2 is 1.79 bits per heavy atom. The quantitative estimate of drug-likeness (QED) is 0.627. The van der Waals surface area contributed by atoms with E-state index in [0.29, 0.717) is 23.6 Å². The van der Waals surface area contributed by atoms with Crippen LogP contribution < -0.4 is 22.1 Å². The number of benzene rings is 2. The van der Waals surface area contributed by atoms with Crippen molar-refractivity contribution in [2.24, 2.45) is 0 Å². The molecule has 0 saturated heterocycles. The van der Waals surface area contributed by atoms with Gasteiger partial charge < -0.3 is 21.5 Å². The zero-order valence-electron chi connectivity index (χ0n) is 14.3. The number of carbonyl (C=O) groups is 1. The number of ether oxygens (including phenoxy) is 1. The molecule has 0 aliphatic heterocycles. The van der Waals surface area contributed by atoms with Crippen molar-refractivity contribution in [1.82, 2.24) is 0 Å². The van der Waals surface area contributed by atoms with E-state index in [9.17, 15) is 4.79 Å². The van der Waals surface area contributed by atoms with E-state index in [1.807, 2.05) is 0 Å². The second kappa shape index (κ2) is 7.59. The molecule has 0 atom stereocenters. The molecule has 6 heteroatoms. The summed E-state index contributed by atoms with van der Waals surface area (Å²) in [5, 5.41) is 5.86. The highest BCUT2D eigenvalue weighted by atomic mass is 16.5. The molecule has 1 amide bonds. The average Bonchev–Trinajstić information content (AvgIpc) is 2.50. The molecule has 2 aromatic carbocycles. The topological polar surface area (TPSA) is 102 Å². The van der Waals surface area contributed by atoms with E-state index < -0.39 is 6.09 Å². The largest absolute Gasteiger partial charge is 0.450 e. The van der Waals surface area contributed by atoms with Crippen LogP contribution >= 0.6 is 0 Å². The van der Waals surface area contributed by atoms with Gasteiger partial charge in [-0.05, 0) is 44.0 Å². The number of nitrogen functional groups attached to an aromatic ring is 2. The monoisotopic (exact) mass is 328 g/mol. The molecule has 0 bridgehead atoms. The minimum Gasteiger partial charge on any atom is -0.450 e. The standard InChI is InChI=1S/C18H24N4O2/c1-4-24-18(23)22-17-15(19)8-14(9-16(17)20)21-10-13-6-5-11(2)7-12(13)3/h5-9,21H,4,10,19-20H2,1-3H3,(H,22,23). The fourth-order valence-electron chi connectivity index (χ4n) is 2.44. The molecule has 6 N–H and O–H groups in total. The van der Waals surface area contributed by atoms with Gasteiger partial charge in [-0.3, -0.25) is 5.32 Å². The van der Waals surface area contributed by atoms with Crippen LogP contribution in [-0.2, 0) is 11.3 Å². The van der Waals surface area contributed by atoms with E-state index in [4.69, 9.17) is 16.2 Å². The van der Waals surface area contributed by atoms with Crippen LogP contribution in [0.5, 0.6) is 0 Å². The van der Waals surface area contributed by atoms with Crippen LogP contribution in [0.1, 0.15) is 23.6 Å². The van der Waals surface area contributed by atoms with Gasteiger partial charge >= 0.3 is 6.09 Å². The van der Waals surface area contributed by atoms with Gasteiger partial charge in [0, 0.05) is 12.2 Å². The van der Waals surface area contributed by atoms with E-state index in [1.54, 1.807) is 19.1 Å². The molecular formula is C18H24N4O2. The van der Waals surface area contributed by atoms with E-state index in [-0.39, 0.29) is 6.61 Å². The maximum atomic E-state index is 11.5. The third kappa shape index (κ3) is 4.32.